The van der Waals surface area contributed by atoms with Crippen LogP contribution in [0.5, 0.6) is 0 Å². The Hall–Kier alpha value is -2.17. The molecule has 2 N–H and O–H groups in total. The van der Waals surface area contributed by atoms with Crippen molar-refractivity contribution in [2.75, 3.05) is 0 Å². The molecule has 0 aromatic carbocycles. The van der Waals surface area contributed by atoms with Crippen LogP contribution in [-0.2, 0) is 0 Å². The van der Waals surface area contributed by atoms with E-state index in [1.165, 1.54) is 6.08 Å². The SMILES string of the molecule is C=Cc1ncc(C(=O)O)cc1C(=O)O. The molecule has 1 rings (SSSR count). The summed E-state index contributed by atoms with van der Waals surface area (Å²) in [6.45, 7) is 3.38. The van der Waals surface area contributed by atoms with E-state index >= 15 is 0 Å². The molecule has 0 radical (unpaired) electrons. The number of aromatic nitrogens is 1. The zero-order valence-corrected chi connectivity index (χ0v) is 7.10. The predicted molar refractivity (Wildman–Crippen MR) is 48.2 cm³/mol. The highest BCUT2D eigenvalue weighted by atomic mass is 16.4. The molecular formula is C9H7NO4. The van der Waals surface area contributed by atoms with Crippen molar-refractivity contribution >= 4 is 18.0 Å². The van der Waals surface area contributed by atoms with Gasteiger partial charge in [0.15, 0.2) is 0 Å². The Bertz CT molecular complexity index is 411. The second kappa shape index (κ2) is 3.69. The molecule has 0 spiro atoms. The first-order valence-electron chi connectivity index (χ1n) is 3.65. The third-order valence-corrected chi connectivity index (χ3v) is 1.59. The van der Waals surface area contributed by atoms with E-state index in [1.807, 2.05) is 0 Å². The third kappa shape index (κ3) is 1.77. The molecule has 0 aliphatic carbocycles. The number of hydrogen-bond donors (Lipinski definition) is 2. The summed E-state index contributed by atoms with van der Waals surface area (Å²) in [5, 5.41) is 17.3. The van der Waals surface area contributed by atoms with E-state index in [-0.39, 0.29) is 16.8 Å². The lowest BCUT2D eigenvalue weighted by Gasteiger charge is -2.00. The first-order chi connectivity index (χ1) is 6.56. The molecule has 0 unspecified atom stereocenters. The standard InChI is InChI=1S/C9H7NO4/c1-2-7-6(9(13)14)3-5(4-10-7)8(11)12/h2-4H,1H2,(H,11,12)(H,13,14). The number of carboxylic acid groups (broad SMARTS) is 2. The van der Waals surface area contributed by atoms with Crippen LogP contribution >= 0.6 is 0 Å². The minimum absolute atomic E-state index is 0.155. The van der Waals surface area contributed by atoms with E-state index in [0.29, 0.717) is 0 Å². The van der Waals surface area contributed by atoms with Crippen LogP contribution in [0.4, 0.5) is 0 Å². The van der Waals surface area contributed by atoms with Crippen LogP contribution in [0.15, 0.2) is 18.8 Å². The van der Waals surface area contributed by atoms with Gasteiger partial charge in [-0.05, 0) is 12.1 Å². The monoisotopic (exact) mass is 193 g/mol. The lowest BCUT2D eigenvalue weighted by molar-refractivity contribution is 0.0695. The van der Waals surface area contributed by atoms with E-state index in [9.17, 15) is 9.59 Å². The molecule has 0 bridgehead atoms. The summed E-state index contributed by atoms with van der Waals surface area (Å²) < 4.78 is 0. The smallest absolute Gasteiger partial charge is 0.337 e. The lowest BCUT2D eigenvalue weighted by Crippen LogP contribution is -2.06. The molecule has 14 heavy (non-hydrogen) atoms. The molecule has 0 atom stereocenters. The molecule has 1 aromatic heterocycles. The van der Waals surface area contributed by atoms with Gasteiger partial charge >= 0.3 is 11.9 Å². The maximum atomic E-state index is 10.7. The lowest BCUT2D eigenvalue weighted by atomic mass is 10.1. The Morgan fingerprint density at radius 3 is 2.43 bits per heavy atom. The Morgan fingerprint density at radius 1 is 1.36 bits per heavy atom. The number of aromatic carboxylic acids is 2. The molecule has 72 valence electrons. The van der Waals surface area contributed by atoms with Crippen molar-refractivity contribution in [1.29, 1.82) is 0 Å². The van der Waals surface area contributed by atoms with Gasteiger partial charge in [0, 0.05) is 6.20 Å². The van der Waals surface area contributed by atoms with Crippen LogP contribution in [0.2, 0.25) is 0 Å². The van der Waals surface area contributed by atoms with E-state index in [2.05, 4.69) is 11.6 Å². The molecule has 5 nitrogen and oxygen atoms in total. The van der Waals surface area contributed by atoms with Gasteiger partial charge in [0.05, 0.1) is 16.8 Å². The molecular weight excluding hydrogens is 186 g/mol. The van der Waals surface area contributed by atoms with Gasteiger partial charge in [0.2, 0.25) is 0 Å². The zero-order valence-electron chi connectivity index (χ0n) is 7.10. The number of pyridine rings is 1. The largest absolute Gasteiger partial charge is 0.478 e. The highest BCUT2D eigenvalue weighted by Gasteiger charge is 2.12. The van der Waals surface area contributed by atoms with Crippen molar-refractivity contribution in [2.24, 2.45) is 0 Å². The van der Waals surface area contributed by atoms with Gasteiger partial charge in [0.25, 0.3) is 0 Å². The first kappa shape index (κ1) is 9.91. The first-order valence-corrected chi connectivity index (χ1v) is 3.65. The summed E-state index contributed by atoms with van der Waals surface area (Å²) in [4.78, 5) is 24.9. The highest BCUT2D eigenvalue weighted by Crippen LogP contribution is 2.10. The van der Waals surface area contributed by atoms with Crippen LogP contribution in [0.1, 0.15) is 26.4 Å². The van der Waals surface area contributed by atoms with Gasteiger partial charge in [-0.15, -0.1) is 0 Å². The molecule has 0 saturated carbocycles. The third-order valence-electron chi connectivity index (χ3n) is 1.59. The van der Waals surface area contributed by atoms with Gasteiger partial charge in [0.1, 0.15) is 0 Å². The van der Waals surface area contributed by atoms with Crippen LogP contribution in [0.3, 0.4) is 0 Å². The molecule has 0 aliphatic rings. The molecule has 0 aliphatic heterocycles. The average molecular weight is 193 g/mol. The van der Waals surface area contributed by atoms with Crippen LogP contribution in [0.25, 0.3) is 6.08 Å². The van der Waals surface area contributed by atoms with Gasteiger partial charge < -0.3 is 10.2 Å². The Morgan fingerprint density at radius 2 is 2.00 bits per heavy atom. The fraction of sp³-hybridized carbons (Fsp3) is 0. The van der Waals surface area contributed by atoms with Gasteiger partial charge in [-0.25, -0.2) is 9.59 Å². The van der Waals surface area contributed by atoms with Crippen molar-refractivity contribution in [2.45, 2.75) is 0 Å². The van der Waals surface area contributed by atoms with E-state index in [0.717, 1.165) is 12.3 Å². The van der Waals surface area contributed by atoms with Crippen LogP contribution in [0, 0.1) is 0 Å². The molecule has 1 heterocycles. The minimum atomic E-state index is -1.23. The second-order valence-corrected chi connectivity index (χ2v) is 2.47. The molecule has 0 amide bonds. The summed E-state index contributed by atoms with van der Waals surface area (Å²) in [7, 11) is 0. The van der Waals surface area contributed by atoms with Gasteiger partial charge in [-0.1, -0.05) is 6.58 Å². The quantitative estimate of drug-likeness (QED) is 0.750. The van der Waals surface area contributed by atoms with Crippen molar-refractivity contribution in [1.82, 2.24) is 4.98 Å². The Balaban J connectivity index is 3.34. The van der Waals surface area contributed by atoms with Crippen LogP contribution < -0.4 is 0 Å². The summed E-state index contributed by atoms with van der Waals surface area (Å²) in [5.74, 6) is -2.44. The molecule has 1 aromatic rings. The highest BCUT2D eigenvalue weighted by molar-refractivity contribution is 5.95. The van der Waals surface area contributed by atoms with Crippen molar-refractivity contribution in [3.05, 3.63) is 35.7 Å². The fourth-order valence-electron chi connectivity index (χ4n) is 0.926. The second-order valence-electron chi connectivity index (χ2n) is 2.47. The number of carboxylic acids is 2. The fourth-order valence-corrected chi connectivity index (χ4v) is 0.926. The van der Waals surface area contributed by atoms with E-state index in [4.69, 9.17) is 10.2 Å². The maximum Gasteiger partial charge on any atom is 0.337 e. The van der Waals surface area contributed by atoms with E-state index < -0.39 is 11.9 Å². The topological polar surface area (TPSA) is 87.5 Å². The number of carbonyl (C=O) groups is 2. The van der Waals surface area contributed by atoms with Crippen molar-refractivity contribution in [3.63, 3.8) is 0 Å². The summed E-state index contributed by atoms with van der Waals surface area (Å²) in [5.41, 5.74) is -0.171. The maximum absolute atomic E-state index is 10.7. The van der Waals surface area contributed by atoms with Crippen LogP contribution in [-0.4, -0.2) is 27.1 Å². The number of nitrogens with zero attached hydrogens (tertiary/aromatic N) is 1. The van der Waals surface area contributed by atoms with Gasteiger partial charge in [-0.3, -0.25) is 4.98 Å². The van der Waals surface area contributed by atoms with Crippen molar-refractivity contribution in [3.8, 4) is 0 Å². The average Bonchev–Trinajstić information content (AvgIpc) is 2.16. The summed E-state index contributed by atoms with van der Waals surface area (Å²) in [6, 6.07) is 1.05. The summed E-state index contributed by atoms with van der Waals surface area (Å²) >= 11 is 0. The van der Waals surface area contributed by atoms with E-state index in [1.54, 1.807) is 0 Å². The Kier molecular flexibility index (Phi) is 2.62. The van der Waals surface area contributed by atoms with Crippen molar-refractivity contribution < 1.29 is 19.8 Å². The number of hydrogen-bond acceptors (Lipinski definition) is 3. The predicted octanol–water partition coefficient (Wildman–Crippen LogP) is 1.12. The summed E-state index contributed by atoms with van der Waals surface area (Å²) in [6.07, 6.45) is 2.35. The molecule has 5 heteroatoms. The minimum Gasteiger partial charge on any atom is -0.478 e. The number of rotatable bonds is 3. The normalized spacial score (nSPS) is 9.43. The molecule has 0 fully saturated rings. The Labute approximate surface area is 79.3 Å². The molecule has 0 saturated heterocycles. The zero-order chi connectivity index (χ0) is 10.7. The van der Waals surface area contributed by atoms with Gasteiger partial charge in [-0.2, -0.15) is 0 Å².